The molecule has 0 fully saturated rings. The van der Waals surface area contributed by atoms with Crippen LogP contribution in [-0.4, -0.2) is 19.0 Å². The van der Waals surface area contributed by atoms with E-state index in [-0.39, 0.29) is 11.8 Å². The minimum atomic E-state index is 0.157. The van der Waals surface area contributed by atoms with E-state index in [9.17, 15) is 4.79 Å². The standard InChI is InChI=1S/C9H20N2O/c1-3-5-8(4-2)9(12)11-7-6-10/h8H,3-7,10H2,1-2H3,(H,11,12). The topological polar surface area (TPSA) is 55.1 Å². The Hall–Kier alpha value is -0.570. The molecule has 0 aliphatic heterocycles. The van der Waals surface area contributed by atoms with Crippen molar-refractivity contribution in [3.8, 4) is 0 Å². The number of hydrogen-bond donors (Lipinski definition) is 2. The van der Waals surface area contributed by atoms with E-state index in [1.165, 1.54) is 0 Å². The van der Waals surface area contributed by atoms with Crippen molar-refractivity contribution < 1.29 is 4.79 Å². The fourth-order valence-electron chi connectivity index (χ4n) is 1.21. The van der Waals surface area contributed by atoms with Crippen molar-refractivity contribution in [2.75, 3.05) is 13.1 Å². The SMILES string of the molecule is CCCC(CC)C(=O)NCCN. The van der Waals surface area contributed by atoms with Gasteiger partial charge in [-0.25, -0.2) is 0 Å². The highest BCUT2D eigenvalue weighted by molar-refractivity contribution is 5.78. The third kappa shape index (κ3) is 4.34. The average molecular weight is 172 g/mol. The Bertz CT molecular complexity index is 126. The zero-order valence-corrected chi connectivity index (χ0v) is 8.10. The lowest BCUT2D eigenvalue weighted by molar-refractivity contribution is -0.125. The number of amides is 1. The number of nitrogens with one attached hydrogen (secondary N) is 1. The molecule has 0 aromatic rings. The molecule has 1 unspecified atom stereocenters. The van der Waals surface area contributed by atoms with Crippen LogP contribution in [0.15, 0.2) is 0 Å². The normalized spacial score (nSPS) is 12.6. The summed E-state index contributed by atoms with van der Waals surface area (Å²) in [6.07, 6.45) is 2.96. The summed E-state index contributed by atoms with van der Waals surface area (Å²) in [6, 6.07) is 0. The lowest BCUT2D eigenvalue weighted by Gasteiger charge is -2.12. The molecule has 72 valence electrons. The zero-order valence-electron chi connectivity index (χ0n) is 8.10. The van der Waals surface area contributed by atoms with Crippen LogP contribution in [0, 0.1) is 5.92 Å². The summed E-state index contributed by atoms with van der Waals surface area (Å²) in [5.41, 5.74) is 5.28. The quantitative estimate of drug-likeness (QED) is 0.625. The van der Waals surface area contributed by atoms with E-state index in [1.807, 2.05) is 6.92 Å². The van der Waals surface area contributed by atoms with Crippen LogP contribution >= 0.6 is 0 Å². The first-order valence-electron chi connectivity index (χ1n) is 4.74. The Morgan fingerprint density at radius 1 is 1.50 bits per heavy atom. The van der Waals surface area contributed by atoms with Gasteiger partial charge < -0.3 is 11.1 Å². The summed E-state index contributed by atoms with van der Waals surface area (Å²) in [5, 5.41) is 2.80. The van der Waals surface area contributed by atoms with Gasteiger partial charge in [-0.05, 0) is 12.8 Å². The van der Waals surface area contributed by atoms with Crippen molar-refractivity contribution in [1.29, 1.82) is 0 Å². The molecule has 12 heavy (non-hydrogen) atoms. The molecule has 0 heterocycles. The maximum Gasteiger partial charge on any atom is 0.223 e. The van der Waals surface area contributed by atoms with Crippen LogP contribution in [0.4, 0.5) is 0 Å². The monoisotopic (exact) mass is 172 g/mol. The Kier molecular flexibility index (Phi) is 6.76. The Labute approximate surface area is 74.7 Å². The van der Waals surface area contributed by atoms with Crippen molar-refractivity contribution in [1.82, 2.24) is 5.32 Å². The lowest BCUT2D eigenvalue weighted by Crippen LogP contribution is -2.34. The minimum Gasteiger partial charge on any atom is -0.355 e. The van der Waals surface area contributed by atoms with Crippen molar-refractivity contribution >= 4 is 5.91 Å². The third-order valence-corrected chi connectivity index (χ3v) is 1.94. The van der Waals surface area contributed by atoms with E-state index in [0.29, 0.717) is 13.1 Å². The maximum absolute atomic E-state index is 11.4. The smallest absolute Gasteiger partial charge is 0.223 e. The fraction of sp³-hybridized carbons (Fsp3) is 0.889. The van der Waals surface area contributed by atoms with Crippen molar-refractivity contribution in [2.24, 2.45) is 11.7 Å². The molecule has 0 aliphatic rings. The van der Waals surface area contributed by atoms with Crippen LogP contribution < -0.4 is 11.1 Å². The van der Waals surface area contributed by atoms with Gasteiger partial charge in [-0.3, -0.25) is 4.79 Å². The molecule has 0 aromatic carbocycles. The van der Waals surface area contributed by atoms with Gasteiger partial charge in [0.05, 0.1) is 0 Å². The molecule has 0 bridgehead atoms. The van der Waals surface area contributed by atoms with E-state index in [2.05, 4.69) is 12.2 Å². The maximum atomic E-state index is 11.4. The molecular formula is C9H20N2O. The second kappa shape index (κ2) is 7.10. The van der Waals surface area contributed by atoms with E-state index in [0.717, 1.165) is 19.3 Å². The predicted octanol–water partition coefficient (Wildman–Crippen LogP) is 0.888. The lowest BCUT2D eigenvalue weighted by atomic mass is 10.00. The highest BCUT2D eigenvalue weighted by Crippen LogP contribution is 2.09. The summed E-state index contributed by atoms with van der Waals surface area (Å²) in [6.45, 7) is 5.26. The molecule has 0 spiro atoms. The molecule has 3 nitrogen and oxygen atoms in total. The molecule has 0 saturated heterocycles. The molecule has 0 aliphatic carbocycles. The third-order valence-electron chi connectivity index (χ3n) is 1.94. The van der Waals surface area contributed by atoms with Gasteiger partial charge in [-0.1, -0.05) is 20.3 Å². The van der Waals surface area contributed by atoms with E-state index < -0.39 is 0 Å². The molecule has 1 amide bonds. The summed E-state index contributed by atoms with van der Waals surface area (Å²) in [7, 11) is 0. The van der Waals surface area contributed by atoms with E-state index in [1.54, 1.807) is 0 Å². The highest BCUT2D eigenvalue weighted by atomic mass is 16.1. The summed E-state index contributed by atoms with van der Waals surface area (Å²) in [4.78, 5) is 11.4. The highest BCUT2D eigenvalue weighted by Gasteiger charge is 2.13. The number of carbonyl (C=O) groups is 1. The Balaban J connectivity index is 3.69. The minimum absolute atomic E-state index is 0.157. The first-order chi connectivity index (χ1) is 5.76. The van der Waals surface area contributed by atoms with Crippen LogP contribution in [0.1, 0.15) is 33.1 Å². The number of rotatable bonds is 6. The van der Waals surface area contributed by atoms with Gasteiger partial charge in [-0.2, -0.15) is 0 Å². The fourth-order valence-corrected chi connectivity index (χ4v) is 1.21. The van der Waals surface area contributed by atoms with Crippen molar-refractivity contribution in [3.05, 3.63) is 0 Å². The molecule has 3 heteroatoms. The van der Waals surface area contributed by atoms with E-state index in [4.69, 9.17) is 5.73 Å². The molecule has 0 rings (SSSR count). The second-order valence-electron chi connectivity index (χ2n) is 2.97. The molecular weight excluding hydrogens is 152 g/mol. The number of carbonyl (C=O) groups excluding carboxylic acids is 1. The van der Waals surface area contributed by atoms with Gasteiger partial charge in [0.1, 0.15) is 0 Å². The zero-order chi connectivity index (χ0) is 9.40. The van der Waals surface area contributed by atoms with Crippen LogP contribution in [0.5, 0.6) is 0 Å². The molecule has 0 aromatic heterocycles. The largest absolute Gasteiger partial charge is 0.355 e. The van der Waals surface area contributed by atoms with Crippen molar-refractivity contribution in [3.63, 3.8) is 0 Å². The predicted molar refractivity (Wildman–Crippen MR) is 50.8 cm³/mol. The number of hydrogen-bond acceptors (Lipinski definition) is 2. The van der Waals surface area contributed by atoms with Crippen LogP contribution in [-0.2, 0) is 4.79 Å². The van der Waals surface area contributed by atoms with E-state index >= 15 is 0 Å². The van der Waals surface area contributed by atoms with Gasteiger partial charge in [0.25, 0.3) is 0 Å². The first kappa shape index (κ1) is 11.4. The second-order valence-corrected chi connectivity index (χ2v) is 2.97. The molecule has 1 atom stereocenters. The number of nitrogens with two attached hydrogens (primary N) is 1. The average Bonchev–Trinajstić information content (AvgIpc) is 2.10. The van der Waals surface area contributed by atoms with Crippen molar-refractivity contribution in [2.45, 2.75) is 33.1 Å². The molecule has 3 N–H and O–H groups in total. The van der Waals surface area contributed by atoms with Gasteiger partial charge in [0, 0.05) is 19.0 Å². The van der Waals surface area contributed by atoms with Gasteiger partial charge in [0.15, 0.2) is 0 Å². The Morgan fingerprint density at radius 3 is 2.58 bits per heavy atom. The Morgan fingerprint density at radius 2 is 2.17 bits per heavy atom. The van der Waals surface area contributed by atoms with Gasteiger partial charge >= 0.3 is 0 Å². The molecule has 0 saturated carbocycles. The molecule has 0 radical (unpaired) electrons. The summed E-state index contributed by atoms with van der Waals surface area (Å²) >= 11 is 0. The summed E-state index contributed by atoms with van der Waals surface area (Å²) < 4.78 is 0. The van der Waals surface area contributed by atoms with Gasteiger partial charge in [-0.15, -0.1) is 0 Å². The van der Waals surface area contributed by atoms with Crippen LogP contribution in [0.25, 0.3) is 0 Å². The van der Waals surface area contributed by atoms with Crippen LogP contribution in [0.3, 0.4) is 0 Å². The van der Waals surface area contributed by atoms with Crippen LogP contribution in [0.2, 0.25) is 0 Å². The first-order valence-corrected chi connectivity index (χ1v) is 4.74. The van der Waals surface area contributed by atoms with Gasteiger partial charge in [0.2, 0.25) is 5.91 Å². The summed E-state index contributed by atoms with van der Waals surface area (Å²) in [5.74, 6) is 0.339.